The lowest BCUT2D eigenvalue weighted by Crippen LogP contribution is -2.22. The molecule has 4 aromatic rings. The molecular formula is C29H33FN6O. The Hall–Kier alpha value is -3.81. The highest BCUT2D eigenvalue weighted by Gasteiger charge is 2.18. The van der Waals surface area contributed by atoms with Gasteiger partial charge in [0.1, 0.15) is 5.82 Å². The molecule has 0 fully saturated rings. The summed E-state index contributed by atoms with van der Waals surface area (Å²) in [7, 11) is 1.73. The highest BCUT2D eigenvalue weighted by molar-refractivity contribution is 5.93. The van der Waals surface area contributed by atoms with Crippen LogP contribution in [-0.2, 0) is 19.9 Å². The Morgan fingerprint density at radius 3 is 2.49 bits per heavy atom. The van der Waals surface area contributed by atoms with Crippen molar-refractivity contribution in [3.05, 3.63) is 76.2 Å². The first kappa shape index (κ1) is 24.9. The van der Waals surface area contributed by atoms with E-state index in [-0.39, 0.29) is 11.4 Å². The number of pyridine rings is 2. The van der Waals surface area contributed by atoms with E-state index in [0.29, 0.717) is 11.6 Å². The Morgan fingerprint density at radius 1 is 0.919 bits per heavy atom. The molecular weight excluding hydrogens is 467 g/mol. The van der Waals surface area contributed by atoms with Gasteiger partial charge in [0.15, 0.2) is 0 Å². The van der Waals surface area contributed by atoms with Gasteiger partial charge in [0.25, 0.3) is 5.56 Å². The Kier molecular flexibility index (Phi) is 7.73. The van der Waals surface area contributed by atoms with Crippen molar-refractivity contribution in [1.29, 1.82) is 0 Å². The number of hydrogen-bond donors (Lipinski definition) is 2. The smallest absolute Gasteiger partial charge is 0.255 e. The molecule has 0 saturated heterocycles. The fourth-order valence-corrected chi connectivity index (χ4v) is 4.98. The molecule has 1 aliphatic rings. The summed E-state index contributed by atoms with van der Waals surface area (Å²) in [5.74, 6) is 0.349. The van der Waals surface area contributed by atoms with Gasteiger partial charge in [-0.2, -0.15) is 0 Å². The van der Waals surface area contributed by atoms with Crippen LogP contribution in [0, 0.1) is 5.82 Å². The number of hydrogen-bond acceptors (Lipinski definition) is 6. The van der Waals surface area contributed by atoms with Crippen LogP contribution in [0.25, 0.3) is 22.2 Å². The standard InChI is InChI=1S/C29H33FN6O/c1-36-27(37)19-26(20-12-16-31-17-13-20)35-29(36)33-15-7-3-2-6-14-32-28-22-8-4-5-9-24(22)34-25-11-10-21(30)18-23(25)28/h10-13,16-19H,2-9,14-15H2,1H3,(H,32,34)(H,33,35). The van der Waals surface area contributed by atoms with Gasteiger partial charge in [0.05, 0.1) is 11.2 Å². The van der Waals surface area contributed by atoms with Crippen molar-refractivity contribution in [2.75, 3.05) is 23.7 Å². The molecule has 0 spiro atoms. The maximum absolute atomic E-state index is 14.0. The molecule has 0 aliphatic heterocycles. The highest BCUT2D eigenvalue weighted by Crippen LogP contribution is 2.33. The number of benzene rings is 1. The van der Waals surface area contributed by atoms with Crippen LogP contribution in [0.4, 0.5) is 16.0 Å². The van der Waals surface area contributed by atoms with Crippen LogP contribution in [-0.4, -0.2) is 32.6 Å². The first-order valence-corrected chi connectivity index (χ1v) is 13.2. The van der Waals surface area contributed by atoms with Gasteiger partial charge < -0.3 is 10.6 Å². The van der Waals surface area contributed by atoms with E-state index < -0.39 is 0 Å². The van der Waals surface area contributed by atoms with Gasteiger partial charge in [0, 0.05) is 60.9 Å². The van der Waals surface area contributed by atoms with E-state index in [9.17, 15) is 9.18 Å². The molecule has 1 aromatic carbocycles. The number of aryl methyl sites for hydroxylation is 1. The van der Waals surface area contributed by atoms with Crippen LogP contribution >= 0.6 is 0 Å². The average Bonchev–Trinajstić information content (AvgIpc) is 2.92. The van der Waals surface area contributed by atoms with Crippen LogP contribution in [0.15, 0.2) is 53.6 Å². The van der Waals surface area contributed by atoms with E-state index in [1.54, 1.807) is 37.6 Å². The zero-order valence-electron chi connectivity index (χ0n) is 21.3. The first-order chi connectivity index (χ1) is 18.1. The molecule has 2 N–H and O–H groups in total. The minimum atomic E-state index is -0.223. The summed E-state index contributed by atoms with van der Waals surface area (Å²) in [5, 5.41) is 7.82. The molecule has 7 nitrogen and oxygen atoms in total. The number of nitrogens with zero attached hydrogens (tertiary/aromatic N) is 4. The monoisotopic (exact) mass is 500 g/mol. The minimum absolute atomic E-state index is 0.0962. The van der Waals surface area contributed by atoms with Crippen LogP contribution in [0.2, 0.25) is 0 Å². The predicted molar refractivity (Wildman–Crippen MR) is 146 cm³/mol. The average molecular weight is 501 g/mol. The van der Waals surface area contributed by atoms with Gasteiger partial charge in [-0.25, -0.2) is 9.37 Å². The number of rotatable bonds is 10. The Bertz CT molecular complexity index is 1440. The van der Waals surface area contributed by atoms with Gasteiger partial charge in [-0.15, -0.1) is 0 Å². The lowest BCUT2D eigenvalue weighted by atomic mass is 9.92. The highest BCUT2D eigenvalue weighted by atomic mass is 19.1. The molecule has 0 atom stereocenters. The first-order valence-electron chi connectivity index (χ1n) is 13.2. The molecule has 0 radical (unpaired) electrons. The maximum Gasteiger partial charge on any atom is 0.255 e. The SMILES string of the molecule is Cn1c(NCCCCCCNc2c3c(nc4ccc(F)cc24)CCCC3)nc(-c2ccncc2)cc1=O. The molecule has 37 heavy (non-hydrogen) atoms. The van der Waals surface area contributed by atoms with Crippen molar-refractivity contribution in [2.45, 2.75) is 51.4 Å². The van der Waals surface area contributed by atoms with Crippen LogP contribution in [0.3, 0.4) is 0 Å². The van der Waals surface area contributed by atoms with E-state index in [4.69, 9.17) is 4.98 Å². The predicted octanol–water partition coefficient (Wildman–Crippen LogP) is 5.49. The van der Waals surface area contributed by atoms with Crippen LogP contribution in [0.5, 0.6) is 0 Å². The quantitative estimate of drug-likeness (QED) is 0.280. The number of halogens is 1. The zero-order chi connectivity index (χ0) is 25.6. The normalized spacial score (nSPS) is 12.9. The van der Waals surface area contributed by atoms with E-state index in [0.717, 1.165) is 92.3 Å². The van der Waals surface area contributed by atoms with Crippen molar-refractivity contribution in [3.8, 4) is 11.3 Å². The van der Waals surface area contributed by atoms with Gasteiger partial charge in [-0.3, -0.25) is 19.3 Å². The Balaban J connectivity index is 1.12. The number of anilines is 2. The van der Waals surface area contributed by atoms with Crippen molar-refractivity contribution in [3.63, 3.8) is 0 Å². The van der Waals surface area contributed by atoms with Crippen molar-refractivity contribution < 1.29 is 4.39 Å². The molecule has 5 rings (SSSR count). The topological polar surface area (TPSA) is 84.7 Å². The second-order valence-electron chi connectivity index (χ2n) is 9.65. The van der Waals surface area contributed by atoms with Crippen LogP contribution < -0.4 is 16.2 Å². The maximum atomic E-state index is 14.0. The summed E-state index contributed by atoms with van der Waals surface area (Å²) >= 11 is 0. The number of fused-ring (bicyclic) bond motifs is 2. The second-order valence-corrected chi connectivity index (χ2v) is 9.65. The van der Waals surface area contributed by atoms with Crippen molar-refractivity contribution in [2.24, 2.45) is 7.05 Å². The molecule has 192 valence electrons. The molecule has 0 saturated carbocycles. The van der Waals surface area contributed by atoms with Gasteiger partial charge in [-0.1, -0.05) is 12.8 Å². The zero-order valence-corrected chi connectivity index (χ0v) is 21.3. The molecule has 0 bridgehead atoms. The van der Waals surface area contributed by atoms with Crippen LogP contribution in [0.1, 0.15) is 49.8 Å². The summed E-state index contributed by atoms with van der Waals surface area (Å²) in [4.78, 5) is 25.9. The lowest BCUT2D eigenvalue weighted by Gasteiger charge is -2.21. The lowest BCUT2D eigenvalue weighted by molar-refractivity contribution is 0.629. The van der Waals surface area contributed by atoms with Crippen molar-refractivity contribution >= 4 is 22.5 Å². The van der Waals surface area contributed by atoms with E-state index >= 15 is 0 Å². The van der Waals surface area contributed by atoms with E-state index in [2.05, 4.69) is 20.6 Å². The summed E-state index contributed by atoms with van der Waals surface area (Å²) in [6, 6.07) is 10.1. The van der Waals surface area contributed by atoms with E-state index in [1.807, 2.05) is 12.1 Å². The summed E-state index contributed by atoms with van der Waals surface area (Å²) in [5.41, 5.74) is 5.78. The molecule has 3 aromatic heterocycles. The van der Waals surface area contributed by atoms with Gasteiger partial charge in [-0.05, 0) is 74.4 Å². The van der Waals surface area contributed by atoms with Gasteiger partial charge >= 0.3 is 0 Å². The minimum Gasteiger partial charge on any atom is -0.384 e. The molecule has 1 aliphatic carbocycles. The summed E-state index contributed by atoms with van der Waals surface area (Å²) in [6.07, 6.45) is 11.9. The van der Waals surface area contributed by atoms with E-state index in [1.165, 1.54) is 16.2 Å². The summed E-state index contributed by atoms with van der Waals surface area (Å²) < 4.78 is 15.5. The second kappa shape index (κ2) is 11.5. The fourth-order valence-electron chi connectivity index (χ4n) is 4.98. The molecule has 0 unspecified atom stereocenters. The largest absolute Gasteiger partial charge is 0.384 e. The molecule has 3 heterocycles. The fraction of sp³-hybridized carbons (Fsp3) is 0.379. The Labute approximate surface area is 216 Å². The Morgan fingerprint density at radius 2 is 1.68 bits per heavy atom. The number of nitrogens with one attached hydrogen (secondary N) is 2. The molecule has 8 heteroatoms. The summed E-state index contributed by atoms with van der Waals surface area (Å²) in [6.45, 7) is 1.59. The van der Waals surface area contributed by atoms with Crippen molar-refractivity contribution in [1.82, 2.24) is 19.5 Å². The van der Waals surface area contributed by atoms with Gasteiger partial charge in [0.2, 0.25) is 5.95 Å². The number of unbranched alkanes of at least 4 members (excludes halogenated alkanes) is 3. The third-order valence-corrected chi connectivity index (χ3v) is 7.02. The third-order valence-electron chi connectivity index (χ3n) is 7.02. The third kappa shape index (κ3) is 5.79. The number of aromatic nitrogens is 4. The molecule has 0 amide bonds.